The average molecular weight is 397 g/mol. The highest BCUT2D eigenvalue weighted by Gasteiger charge is 2.35. The molecule has 1 aromatic heterocycles. The van der Waals surface area contributed by atoms with Crippen molar-refractivity contribution in [3.63, 3.8) is 0 Å². The number of hydrogen-bond donors (Lipinski definition) is 1. The Bertz CT molecular complexity index is 630. The van der Waals surface area contributed by atoms with Gasteiger partial charge in [0.25, 0.3) is 0 Å². The number of rotatable bonds is 2. The van der Waals surface area contributed by atoms with Gasteiger partial charge in [-0.05, 0) is 46.4 Å². The molecule has 0 aliphatic carbocycles. The van der Waals surface area contributed by atoms with Crippen molar-refractivity contribution in [1.29, 1.82) is 0 Å². The number of aromatic nitrogens is 1. The molecular weight excluding hydrogens is 389 g/mol. The lowest BCUT2D eigenvalue weighted by Gasteiger charge is -2.18. The highest BCUT2D eigenvalue weighted by atomic mass is 127. The lowest BCUT2D eigenvalue weighted by Crippen LogP contribution is -2.13. The van der Waals surface area contributed by atoms with Gasteiger partial charge in [0.15, 0.2) is 0 Å². The van der Waals surface area contributed by atoms with E-state index in [-0.39, 0.29) is 11.1 Å². The number of halogens is 5. The van der Waals surface area contributed by atoms with Crippen LogP contribution in [0.25, 0.3) is 0 Å². The lowest BCUT2D eigenvalue weighted by molar-refractivity contribution is -0.139. The van der Waals surface area contributed by atoms with Crippen LogP contribution in [0, 0.1) is 9.39 Å². The van der Waals surface area contributed by atoms with Crippen LogP contribution in [-0.2, 0) is 6.18 Å². The minimum atomic E-state index is -4.59. The van der Waals surface area contributed by atoms with Gasteiger partial charge in [0, 0.05) is 21.5 Å². The predicted molar refractivity (Wildman–Crippen MR) is 72.4 cm³/mol. The van der Waals surface area contributed by atoms with Crippen LogP contribution in [0.4, 0.5) is 17.6 Å². The molecule has 0 saturated heterocycles. The zero-order valence-electron chi connectivity index (χ0n) is 9.83. The van der Waals surface area contributed by atoms with Crippen molar-refractivity contribution in [3.05, 3.63) is 62.7 Å². The normalized spacial score (nSPS) is 13.3. The third-order valence-electron chi connectivity index (χ3n) is 2.71. The molecule has 7 heteroatoms. The molecule has 2 nitrogen and oxygen atoms in total. The molecule has 0 fully saturated rings. The topological polar surface area (TPSA) is 33.1 Å². The Balaban J connectivity index is 2.51. The van der Waals surface area contributed by atoms with E-state index in [1.165, 1.54) is 6.07 Å². The summed E-state index contributed by atoms with van der Waals surface area (Å²) in [5, 5.41) is 10.1. The summed E-state index contributed by atoms with van der Waals surface area (Å²) in [7, 11) is 0. The van der Waals surface area contributed by atoms with Crippen molar-refractivity contribution in [2.24, 2.45) is 0 Å². The molecule has 0 spiro atoms. The zero-order chi connectivity index (χ0) is 14.9. The van der Waals surface area contributed by atoms with Crippen molar-refractivity contribution >= 4 is 22.6 Å². The Labute approximate surface area is 125 Å². The first-order valence-electron chi connectivity index (χ1n) is 5.45. The van der Waals surface area contributed by atoms with Crippen molar-refractivity contribution in [3.8, 4) is 0 Å². The molecular formula is C13H8F4INO. The fourth-order valence-corrected chi connectivity index (χ4v) is 2.55. The number of benzene rings is 1. The van der Waals surface area contributed by atoms with Gasteiger partial charge in [-0.3, -0.25) is 4.98 Å². The minimum absolute atomic E-state index is 0.200. The Kier molecular flexibility index (Phi) is 4.28. The number of pyridine rings is 1. The quantitative estimate of drug-likeness (QED) is 0.616. The summed E-state index contributed by atoms with van der Waals surface area (Å²) in [6, 6.07) is 4.29. The van der Waals surface area contributed by atoms with E-state index < -0.39 is 23.7 Å². The van der Waals surface area contributed by atoms with Crippen molar-refractivity contribution in [2.75, 3.05) is 0 Å². The first-order valence-corrected chi connectivity index (χ1v) is 6.52. The van der Waals surface area contributed by atoms with Gasteiger partial charge in [-0.1, -0.05) is 6.07 Å². The molecule has 2 rings (SSSR count). The molecule has 1 unspecified atom stereocenters. The summed E-state index contributed by atoms with van der Waals surface area (Å²) in [5.74, 6) is -0.521. The molecule has 1 N–H and O–H groups in total. The summed E-state index contributed by atoms with van der Waals surface area (Å²) in [6.07, 6.45) is -4.14. The van der Waals surface area contributed by atoms with E-state index in [2.05, 4.69) is 4.98 Å². The maximum absolute atomic E-state index is 13.0. The van der Waals surface area contributed by atoms with Gasteiger partial charge in [-0.2, -0.15) is 13.2 Å². The molecule has 1 atom stereocenters. The number of aliphatic hydroxyl groups is 1. The molecule has 106 valence electrons. The van der Waals surface area contributed by atoms with Gasteiger partial charge in [0.2, 0.25) is 0 Å². The van der Waals surface area contributed by atoms with Crippen LogP contribution in [0.1, 0.15) is 22.8 Å². The first kappa shape index (κ1) is 15.2. The maximum Gasteiger partial charge on any atom is 0.416 e. The number of alkyl halides is 3. The molecule has 0 saturated carbocycles. The lowest BCUT2D eigenvalue weighted by atomic mass is 9.98. The standard InChI is InChI=1S/C13H8F4INO/c14-7-1-2-8(11(18)5-7)12(20)9-6-19-4-3-10(9)13(15,16)17/h1-6,12,20H. The second kappa shape index (κ2) is 5.65. The fraction of sp³-hybridized carbons (Fsp3) is 0.154. The molecule has 2 aromatic rings. The molecule has 1 heterocycles. The summed E-state index contributed by atoms with van der Waals surface area (Å²) in [5.41, 5.74) is -1.12. The van der Waals surface area contributed by atoms with E-state index in [4.69, 9.17) is 0 Å². The molecule has 0 aliphatic heterocycles. The smallest absolute Gasteiger partial charge is 0.384 e. The Morgan fingerprint density at radius 3 is 2.45 bits per heavy atom. The van der Waals surface area contributed by atoms with E-state index in [1.54, 1.807) is 22.6 Å². The molecule has 0 bridgehead atoms. The average Bonchev–Trinajstić information content (AvgIpc) is 2.37. The summed E-state index contributed by atoms with van der Waals surface area (Å²) >= 11 is 1.76. The zero-order valence-corrected chi connectivity index (χ0v) is 12.0. The van der Waals surface area contributed by atoms with Crippen molar-refractivity contribution < 1.29 is 22.7 Å². The monoisotopic (exact) mass is 397 g/mol. The van der Waals surface area contributed by atoms with Crippen LogP contribution < -0.4 is 0 Å². The van der Waals surface area contributed by atoms with Crippen LogP contribution in [-0.4, -0.2) is 10.1 Å². The third-order valence-corrected chi connectivity index (χ3v) is 3.64. The summed E-state index contributed by atoms with van der Waals surface area (Å²) < 4.78 is 52.0. The van der Waals surface area contributed by atoms with Crippen LogP contribution >= 0.6 is 22.6 Å². The Morgan fingerprint density at radius 1 is 1.15 bits per heavy atom. The number of hydrogen-bond acceptors (Lipinski definition) is 2. The van der Waals surface area contributed by atoms with Gasteiger partial charge in [0.05, 0.1) is 5.56 Å². The molecule has 0 amide bonds. The van der Waals surface area contributed by atoms with Crippen molar-refractivity contribution in [1.82, 2.24) is 4.98 Å². The molecule has 0 aliphatic rings. The largest absolute Gasteiger partial charge is 0.416 e. The van der Waals surface area contributed by atoms with Gasteiger partial charge >= 0.3 is 6.18 Å². The second-order valence-corrected chi connectivity index (χ2v) is 5.19. The third kappa shape index (κ3) is 3.09. The van der Waals surface area contributed by atoms with Crippen LogP contribution in [0.2, 0.25) is 0 Å². The highest BCUT2D eigenvalue weighted by Crippen LogP contribution is 2.36. The predicted octanol–water partition coefficient (Wildman–Crippen LogP) is 3.93. The van der Waals surface area contributed by atoms with E-state index >= 15 is 0 Å². The highest BCUT2D eigenvalue weighted by molar-refractivity contribution is 14.1. The second-order valence-electron chi connectivity index (χ2n) is 4.03. The van der Waals surface area contributed by atoms with Crippen LogP contribution in [0.3, 0.4) is 0 Å². The van der Waals surface area contributed by atoms with Crippen molar-refractivity contribution in [2.45, 2.75) is 12.3 Å². The maximum atomic E-state index is 13.0. The van der Waals surface area contributed by atoms with Gasteiger partial charge < -0.3 is 5.11 Å². The summed E-state index contributed by atoms with van der Waals surface area (Å²) in [4.78, 5) is 3.62. The number of aliphatic hydroxyl groups excluding tert-OH is 1. The van der Waals surface area contributed by atoms with Crippen LogP contribution in [0.15, 0.2) is 36.7 Å². The Morgan fingerprint density at radius 2 is 1.85 bits per heavy atom. The van der Waals surface area contributed by atoms with Gasteiger partial charge in [-0.15, -0.1) is 0 Å². The van der Waals surface area contributed by atoms with E-state index in [1.807, 2.05) is 0 Å². The van der Waals surface area contributed by atoms with E-state index in [9.17, 15) is 22.7 Å². The fourth-order valence-electron chi connectivity index (χ4n) is 1.77. The van der Waals surface area contributed by atoms with Gasteiger partial charge in [-0.25, -0.2) is 4.39 Å². The van der Waals surface area contributed by atoms with Crippen LogP contribution in [0.5, 0.6) is 0 Å². The van der Waals surface area contributed by atoms with E-state index in [0.29, 0.717) is 3.57 Å². The summed E-state index contributed by atoms with van der Waals surface area (Å²) in [6.45, 7) is 0. The first-order chi connectivity index (χ1) is 9.30. The van der Waals surface area contributed by atoms with E-state index in [0.717, 1.165) is 30.6 Å². The minimum Gasteiger partial charge on any atom is -0.384 e. The molecule has 20 heavy (non-hydrogen) atoms. The number of nitrogens with zero attached hydrogens (tertiary/aromatic N) is 1. The molecule has 1 aromatic carbocycles. The van der Waals surface area contributed by atoms with Gasteiger partial charge in [0.1, 0.15) is 11.9 Å². The molecule has 0 radical (unpaired) electrons. The Hall–Kier alpha value is -1.22. The SMILES string of the molecule is OC(c1ccc(F)cc1I)c1cnccc1C(F)(F)F.